The summed E-state index contributed by atoms with van der Waals surface area (Å²) >= 11 is 0. The van der Waals surface area contributed by atoms with Gasteiger partial charge >= 0.3 is 0 Å². The summed E-state index contributed by atoms with van der Waals surface area (Å²) in [7, 11) is -3.78. The second kappa shape index (κ2) is 7.56. The molecule has 0 heterocycles. The fourth-order valence-corrected chi connectivity index (χ4v) is 4.09. The molecule has 4 heteroatoms. The van der Waals surface area contributed by atoms with Crippen molar-refractivity contribution in [2.24, 2.45) is 0 Å². The fourth-order valence-electron chi connectivity index (χ4n) is 2.27. The Hall–Kier alpha value is -1.41. The van der Waals surface area contributed by atoms with Gasteiger partial charge < -0.3 is 14.8 Å². The number of hydrogen-bond acceptors (Lipinski definition) is 3. The molecule has 0 bridgehead atoms. The maximum atomic E-state index is 12.9. The van der Waals surface area contributed by atoms with Crippen molar-refractivity contribution in [3.05, 3.63) is 66.2 Å². The van der Waals surface area contributed by atoms with Crippen molar-refractivity contribution in [2.45, 2.75) is 25.5 Å². The Morgan fingerprint density at radius 1 is 1.05 bits per heavy atom. The minimum atomic E-state index is -3.78. The van der Waals surface area contributed by atoms with Crippen LogP contribution in [0.3, 0.4) is 0 Å². The molecule has 0 fully saturated rings. The molecule has 0 radical (unpaired) electrons. The third-order valence-electron chi connectivity index (χ3n) is 3.44. The first-order chi connectivity index (χ1) is 10.2. The zero-order valence-electron chi connectivity index (χ0n) is 12.2. The fraction of sp³-hybridized carbons (Fsp3) is 0.294. The van der Waals surface area contributed by atoms with Gasteiger partial charge in [-0.2, -0.15) is 0 Å². The largest absolute Gasteiger partial charge is 0.795 e. The van der Waals surface area contributed by atoms with Crippen LogP contribution in [0.5, 0.6) is 0 Å². The standard InChI is InChI=1S/C17H22NO2P/c1-2-3-14-18-17(15-10-6-4-7-11-15)21(19,20)16-12-8-5-9-13-16/h4-13,17-18H,2-3,14H2,1H3,(H,19,20)/p-1. The number of hydrogen-bond donors (Lipinski definition) is 1. The second-order valence-corrected chi connectivity index (χ2v) is 7.28. The molecule has 0 saturated heterocycles. The van der Waals surface area contributed by atoms with Gasteiger partial charge in [0.15, 0.2) is 0 Å². The molecule has 2 rings (SSSR count). The van der Waals surface area contributed by atoms with Gasteiger partial charge in [0.1, 0.15) is 0 Å². The number of rotatable bonds is 7. The maximum Gasteiger partial charge on any atom is 0.0774 e. The Kier molecular flexibility index (Phi) is 5.75. The van der Waals surface area contributed by atoms with E-state index in [2.05, 4.69) is 12.2 Å². The van der Waals surface area contributed by atoms with Gasteiger partial charge in [-0.15, -0.1) is 0 Å². The lowest BCUT2D eigenvalue weighted by Gasteiger charge is -2.34. The molecule has 3 nitrogen and oxygen atoms in total. The highest BCUT2D eigenvalue weighted by molar-refractivity contribution is 7.65. The molecule has 0 aromatic heterocycles. The van der Waals surface area contributed by atoms with Crippen LogP contribution in [0.1, 0.15) is 31.1 Å². The van der Waals surface area contributed by atoms with E-state index in [9.17, 15) is 9.46 Å². The van der Waals surface area contributed by atoms with Crippen LogP contribution in [0, 0.1) is 0 Å². The third-order valence-corrected chi connectivity index (χ3v) is 5.62. The Bertz CT molecular complexity index is 586. The minimum absolute atomic E-state index is 0.378. The van der Waals surface area contributed by atoms with Gasteiger partial charge in [0.2, 0.25) is 0 Å². The molecule has 2 aromatic carbocycles. The first kappa shape index (κ1) is 16.0. The highest BCUT2D eigenvalue weighted by Crippen LogP contribution is 2.48. The molecule has 2 aromatic rings. The van der Waals surface area contributed by atoms with Crippen molar-refractivity contribution in [1.82, 2.24) is 5.32 Å². The molecule has 2 unspecified atom stereocenters. The van der Waals surface area contributed by atoms with Gasteiger partial charge in [-0.3, -0.25) is 0 Å². The van der Waals surface area contributed by atoms with E-state index < -0.39 is 13.2 Å². The molecular weight excluding hydrogens is 281 g/mol. The van der Waals surface area contributed by atoms with E-state index in [0.717, 1.165) is 18.4 Å². The SMILES string of the molecule is CCCCNC(c1ccccc1)P(=O)([O-])c1ccccc1. The normalized spacial score (nSPS) is 15.3. The van der Waals surface area contributed by atoms with E-state index in [1.54, 1.807) is 24.3 Å². The average Bonchev–Trinajstić information content (AvgIpc) is 2.53. The van der Waals surface area contributed by atoms with Gasteiger partial charge in [-0.25, -0.2) is 0 Å². The molecule has 112 valence electrons. The van der Waals surface area contributed by atoms with Gasteiger partial charge in [-0.1, -0.05) is 74.0 Å². The maximum absolute atomic E-state index is 12.9. The van der Waals surface area contributed by atoms with Crippen molar-refractivity contribution in [1.29, 1.82) is 0 Å². The summed E-state index contributed by atoms with van der Waals surface area (Å²) in [4.78, 5) is 12.9. The second-order valence-electron chi connectivity index (χ2n) is 5.05. The molecule has 0 aliphatic rings. The monoisotopic (exact) mass is 302 g/mol. The molecule has 1 N–H and O–H groups in total. The molecule has 0 saturated carbocycles. The van der Waals surface area contributed by atoms with E-state index in [4.69, 9.17) is 0 Å². The smallest absolute Gasteiger partial charge is 0.0774 e. The van der Waals surface area contributed by atoms with Crippen molar-refractivity contribution < 1.29 is 9.46 Å². The highest BCUT2D eigenvalue weighted by Gasteiger charge is 2.25. The summed E-state index contributed by atoms with van der Waals surface area (Å²) in [5, 5.41) is 3.58. The predicted octanol–water partition coefficient (Wildman–Crippen LogP) is 3.04. The summed E-state index contributed by atoms with van der Waals surface area (Å²) in [6.45, 7) is 2.78. The Morgan fingerprint density at radius 3 is 2.19 bits per heavy atom. The lowest BCUT2D eigenvalue weighted by molar-refractivity contribution is -0.174. The lowest BCUT2D eigenvalue weighted by atomic mass is 10.2. The molecule has 0 amide bonds. The van der Waals surface area contributed by atoms with E-state index in [1.807, 2.05) is 36.4 Å². The van der Waals surface area contributed by atoms with Crippen molar-refractivity contribution >= 4 is 12.7 Å². The molecule has 0 spiro atoms. The lowest BCUT2D eigenvalue weighted by Crippen LogP contribution is -2.31. The number of benzene rings is 2. The van der Waals surface area contributed by atoms with E-state index in [1.165, 1.54) is 0 Å². The Labute approximate surface area is 126 Å². The molecule has 2 atom stereocenters. The summed E-state index contributed by atoms with van der Waals surface area (Å²) in [5.41, 5.74) is 0.788. The van der Waals surface area contributed by atoms with E-state index >= 15 is 0 Å². The first-order valence-electron chi connectivity index (χ1n) is 7.31. The van der Waals surface area contributed by atoms with Gasteiger partial charge in [0.05, 0.1) is 13.2 Å². The van der Waals surface area contributed by atoms with Gasteiger partial charge in [-0.05, 0) is 23.8 Å². The van der Waals surface area contributed by atoms with Gasteiger partial charge in [0, 0.05) is 0 Å². The van der Waals surface area contributed by atoms with Crippen molar-refractivity contribution in [3.8, 4) is 0 Å². The number of unbranched alkanes of at least 4 members (excludes halogenated alkanes) is 1. The predicted molar refractivity (Wildman–Crippen MR) is 85.8 cm³/mol. The molecule has 0 aliphatic heterocycles. The van der Waals surface area contributed by atoms with Crippen LogP contribution < -0.4 is 15.5 Å². The summed E-state index contributed by atoms with van der Waals surface area (Å²) < 4.78 is 12.9. The first-order valence-corrected chi connectivity index (χ1v) is 9.00. The van der Waals surface area contributed by atoms with Crippen LogP contribution in [0.4, 0.5) is 0 Å². The average molecular weight is 302 g/mol. The van der Waals surface area contributed by atoms with Crippen molar-refractivity contribution in [2.75, 3.05) is 6.54 Å². The third kappa shape index (κ3) is 4.04. The Morgan fingerprint density at radius 2 is 1.62 bits per heavy atom. The molecule has 0 aliphatic carbocycles. The van der Waals surface area contributed by atoms with Crippen LogP contribution in [-0.2, 0) is 4.57 Å². The van der Waals surface area contributed by atoms with Crippen LogP contribution in [0.15, 0.2) is 60.7 Å². The summed E-state index contributed by atoms with van der Waals surface area (Å²) in [5.74, 6) is -0.673. The molecule has 21 heavy (non-hydrogen) atoms. The summed E-state index contributed by atoms with van der Waals surface area (Å²) in [6.07, 6.45) is 1.99. The zero-order valence-corrected chi connectivity index (χ0v) is 13.1. The van der Waals surface area contributed by atoms with Crippen molar-refractivity contribution in [3.63, 3.8) is 0 Å². The molecular formula is C17H21NO2P-. The van der Waals surface area contributed by atoms with Crippen LogP contribution in [-0.4, -0.2) is 6.54 Å². The number of nitrogens with one attached hydrogen (secondary N) is 1. The van der Waals surface area contributed by atoms with E-state index in [0.29, 0.717) is 11.8 Å². The van der Waals surface area contributed by atoms with E-state index in [-0.39, 0.29) is 0 Å². The highest BCUT2D eigenvalue weighted by atomic mass is 31.2. The van der Waals surface area contributed by atoms with Crippen LogP contribution >= 0.6 is 7.37 Å². The van der Waals surface area contributed by atoms with Crippen LogP contribution in [0.25, 0.3) is 0 Å². The topological polar surface area (TPSA) is 52.2 Å². The Balaban J connectivity index is 2.32. The minimum Gasteiger partial charge on any atom is -0.795 e. The van der Waals surface area contributed by atoms with Gasteiger partial charge in [0.25, 0.3) is 0 Å². The zero-order chi connectivity index (χ0) is 15.1. The quantitative estimate of drug-likeness (QED) is 0.632. The summed E-state index contributed by atoms with van der Waals surface area (Å²) in [6, 6.07) is 18.0. The van der Waals surface area contributed by atoms with Crippen LogP contribution in [0.2, 0.25) is 0 Å².